The Bertz CT molecular complexity index is 681. The lowest BCUT2D eigenvalue weighted by molar-refractivity contribution is 0.0528. The van der Waals surface area contributed by atoms with E-state index in [0.29, 0.717) is 24.2 Å². The van der Waals surface area contributed by atoms with E-state index in [4.69, 9.17) is 8.92 Å². The van der Waals surface area contributed by atoms with Gasteiger partial charge in [0.15, 0.2) is 0 Å². The van der Waals surface area contributed by atoms with Crippen LogP contribution >= 0.6 is 0 Å². The molecule has 8 heteroatoms. The number of aromatic nitrogens is 1. The van der Waals surface area contributed by atoms with Crippen LogP contribution in [-0.2, 0) is 25.5 Å². The number of carbonyl (C=O) groups is 1. The van der Waals surface area contributed by atoms with Gasteiger partial charge in [-0.05, 0) is 32.8 Å². The van der Waals surface area contributed by atoms with Gasteiger partial charge in [0, 0.05) is 30.4 Å². The second-order valence-electron chi connectivity index (χ2n) is 7.18. The largest absolute Gasteiger partial charge is 0.444 e. The first-order valence-corrected chi connectivity index (χ1v) is 9.99. The third kappa shape index (κ3) is 8.31. The summed E-state index contributed by atoms with van der Waals surface area (Å²) >= 11 is 0. The van der Waals surface area contributed by atoms with Crippen molar-refractivity contribution in [1.29, 1.82) is 0 Å². The zero-order valence-electron chi connectivity index (χ0n) is 15.7. The monoisotopic (exact) mass is 372 g/mol. The van der Waals surface area contributed by atoms with E-state index >= 15 is 0 Å². The molecule has 0 aliphatic heterocycles. The number of ether oxygens (including phenoxy) is 1. The molecule has 25 heavy (non-hydrogen) atoms. The average Bonchev–Trinajstić information content (AvgIpc) is 2.42. The van der Waals surface area contributed by atoms with Crippen molar-refractivity contribution in [3.63, 3.8) is 0 Å². The average molecular weight is 372 g/mol. The summed E-state index contributed by atoms with van der Waals surface area (Å²) in [5.41, 5.74) is 0.821. The summed E-state index contributed by atoms with van der Waals surface area (Å²) in [6.45, 7) is 9.46. The topological polar surface area (TPSA) is 94.6 Å². The lowest BCUT2D eigenvalue weighted by atomic mass is 9.97. The number of amides is 1. The van der Waals surface area contributed by atoms with Crippen LogP contribution in [0.2, 0.25) is 0 Å². The minimum atomic E-state index is -3.61. The molecule has 1 aromatic heterocycles. The van der Waals surface area contributed by atoms with Gasteiger partial charge in [-0.3, -0.25) is 9.17 Å². The molecule has 0 aliphatic carbocycles. The number of nitrogens with zero attached hydrogens (tertiary/aromatic N) is 1. The SMILES string of the molecule is CC(C)C(OS(C)(=O)=O)c1cccnc1CCNC(=O)OC(C)(C)C. The van der Waals surface area contributed by atoms with Crippen molar-refractivity contribution in [1.82, 2.24) is 10.3 Å². The summed E-state index contributed by atoms with van der Waals surface area (Å²) in [5.74, 6) is -0.0588. The fraction of sp³-hybridized carbons (Fsp3) is 0.647. The molecule has 1 rings (SSSR count). The lowest BCUT2D eigenvalue weighted by Crippen LogP contribution is -2.33. The van der Waals surface area contributed by atoms with Crippen molar-refractivity contribution in [3.05, 3.63) is 29.6 Å². The number of pyridine rings is 1. The summed E-state index contributed by atoms with van der Waals surface area (Å²) in [4.78, 5) is 16.0. The van der Waals surface area contributed by atoms with Crippen LogP contribution in [0.5, 0.6) is 0 Å². The molecule has 0 spiro atoms. The van der Waals surface area contributed by atoms with Crippen LogP contribution in [0.15, 0.2) is 18.3 Å². The lowest BCUT2D eigenvalue weighted by Gasteiger charge is -2.23. The molecule has 0 aromatic carbocycles. The van der Waals surface area contributed by atoms with Crippen molar-refractivity contribution < 1.29 is 22.1 Å². The molecule has 1 heterocycles. The van der Waals surface area contributed by atoms with Crippen LogP contribution < -0.4 is 5.32 Å². The maximum atomic E-state index is 11.7. The Hall–Kier alpha value is -1.67. The van der Waals surface area contributed by atoms with Crippen LogP contribution in [0.25, 0.3) is 0 Å². The van der Waals surface area contributed by atoms with E-state index in [1.807, 2.05) is 13.8 Å². The highest BCUT2D eigenvalue weighted by atomic mass is 32.2. The molecule has 0 saturated carbocycles. The molecule has 1 unspecified atom stereocenters. The summed E-state index contributed by atoms with van der Waals surface area (Å²) in [7, 11) is -3.61. The van der Waals surface area contributed by atoms with Gasteiger partial charge in [-0.25, -0.2) is 4.79 Å². The van der Waals surface area contributed by atoms with E-state index < -0.39 is 27.9 Å². The van der Waals surface area contributed by atoms with Gasteiger partial charge in [-0.2, -0.15) is 8.42 Å². The van der Waals surface area contributed by atoms with Gasteiger partial charge in [0.1, 0.15) is 11.7 Å². The molecule has 0 saturated heterocycles. The Morgan fingerprint density at radius 3 is 2.48 bits per heavy atom. The maximum Gasteiger partial charge on any atom is 0.407 e. The van der Waals surface area contributed by atoms with Crippen molar-refractivity contribution in [2.45, 2.75) is 52.7 Å². The van der Waals surface area contributed by atoms with Gasteiger partial charge < -0.3 is 10.1 Å². The number of carbonyl (C=O) groups excluding carboxylic acids is 1. The molecule has 1 atom stereocenters. The second-order valence-corrected chi connectivity index (χ2v) is 8.78. The first kappa shape index (κ1) is 21.4. The van der Waals surface area contributed by atoms with Crippen LogP contribution in [-0.4, -0.2) is 37.9 Å². The summed E-state index contributed by atoms with van der Waals surface area (Å²) in [5, 5.41) is 2.67. The highest BCUT2D eigenvalue weighted by Gasteiger charge is 2.24. The van der Waals surface area contributed by atoms with Gasteiger partial charge >= 0.3 is 6.09 Å². The van der Waals surface area contributed by atoms with Gasteiger partial charge in [0.05, 0.1) is 6.26 Å². The molecule has 0 fully saturated rings. The minimum Gasteiger partial charge on any atom is -0.444 e. The maximum absolute atomic E-state index is 11.7. The van der Waals surface area contributed by atoms with Crippen LogP contribution in [0.1, 0.15) is 52.0 Å². The minimum absolute atomic E-state index is 0.0588. The summed E-state index contributed by atoms with van der Waals surface area (Å²) in [6.07, 6.45) is 1.97. The van der Waals surface area contributed by atoms with E-state index in [0.717, 1.165) is 6.26 Å². The first-order valence-electron chi connectivity index (χ1n) is 8.18. The van der Waals surface area contributed by atoms with Crippen molar-refractivity contribution >= 4 is 16.2 Å². The number of rotatable bonds is 7. The van der Waals surface area contributed by atoms with Crippen LogP contribution in [0, 0.1) is 5.92 Å². The zero-order chi connectivity index (χ0) is 19.3. The Morgan fingerprint density at radius 2 is 1.96 bits per heavy atom. The molecule has 1 amide bonds. The molecule has 7 nitrogen and oxygen atoms in total. The van der Waals surface area contributed by atoms with Crippen molar-refractivity contribution in [2.24, 2.45) is 5.92 Å². The van der Waals surface area contributed by atoms with Gasteiger partial charge in [-0.15, -0.1) is 0 Å². The van der Waals surface area contributed by atoms with Gasteiger partial charge in [0.25, 0.3) is 10.1 Å². The summed E-state index contributed by atoms with van der Waals surface area (Å²) < 4.78 is 33.5. The highest BCUT2D eigenvalue weighted by molar-refractivity contribution is 7.86. The third-order valence-corrected chi connectivity index (χ3v) is 3.70. The van der Waals surface area contributed by atoms with E-state index in [1.165, 1.54) is 0 Å². The molecule has 1 aromatic rings. The van der Waals surface area contributed by atoms with E-state index in [-0.39, 0.29) is 5.92 Å². The van der Waals surface area contributed by atoms with E-state index in [9.17, 15) is 13.2 Å². The number of alkyl carbamates (subject to hydrolysis) is 1. The van der Waals surface area contributed by atoms with Crippen LogP contribution in [0.4, 0.5) is 4.79 Å². The Morgan fingerprint density at radius 1 is 1.32 bits per heavy atom. The fourth-order valence-corrected chi connectivity index (χ4v) is 2.93. The molecule has 1 N–H and O–H groups in total. The summed E-state index contributed by atoms with van der Waals surface area (Å²) in [6, 6.07) is 3.53. The predicted molar refractivity (Wildman–Crippen MR) is 95.7 cm³/mol. The van der Waals surface area contributed by atoms with E-state index in [1.54, 1.807) is 39.1 Å². The van der Waals surface area contributed by atoms with Crippen molar-refractivity contribution in [3.8, 4) is 0 Å². The van der Waals surface area contributed by atoms with Gasteiger partial charge in [0.2, 0.25) is 0 Å². The highest BCUT2D eigenvalue weighted by Crippen LogP contribution is 2.29. The van der Waals surface area contributed by atoms with Crippen LogP contribution in [0.3, 0.4) is 0 Å². The Balaban J connectivity index is 2.83. The normalized spacial score (nSPS) is 13.6. The molecule has 142 valence electrons. The molecule has 0 bridgehead atoms. The second kappa shape index (κ2) is 8.62. The standard InChI is InChI=1S/C17H28N2O5S/c1-12(2)15(24-25(6,21)22)13-8-7-10-18-14(13)9-11-19-16(20)23-17(3,4)5/h7-8,10,12,15H,9,11H2,1-6H3,(H,19,20). The number of nitrogens with one attached hydrogen (secondary N) is 1. The fourth-order valence-electron chi connectivity index (χ4n) is 2.23. The number of hydrogen-bond donors (Lipinski definition) is 1. The third-order valence-electron chi connectivity index (χ3n) is 3.15. The van der Waals surface area contributed by atoms with Crippen molar-refractivity contribution in [2.75, 3.05) is 12.8 Å². The Labute approximate surface area is 150 Å². The smallest absolute Gasteiger partial charge is 0.407 e. The zero-order valence-corrected chi connectivity index (χ0v) is 16.5. The molecule has 0 aliphatic rings. The predicted octanol–water partition coefficient (Wildman–Crippen LogP) is 2.82. The first-order chi connectivity index (χ1) is 11.4. The molecule has 0 radical (unpaired) electrons. The molecular weight excluding hydrogens is 344 g/mol. The Kier molecular flexibility index (Phi) is 7.37. The number of hydrogen-bond acceptors (Lipinski definition) is 6. The molecular formula is C17H28N2O5S. The van der Waals surface area contributed by atoms with Gasteiger partial charge in [-0.1, -0.05) is 19.9 Å². The quantitative estimate of drug-likeness (QED) is 0.740. The van der Waals surface area contributed by atoms with E-state index in [2.05, 4.69) is 10.3 Å².